The molecule has 0 spiro atoms. The Bertz CT molecular complexity index is 789. The van der Waals surface area contributed by atoms with Crippen molar-refractivity contribution in [2.75, 3.05) is 13.2 Å². The van der Waals surface area contributed by atoms with Crippen LogP contribution in [0.15, 0.2) is 6.20 Å². The van der Waals surface area contributed by atoms with E-state index in [0.717, 1.165) is 24.3 Å². The molecule has 5 rings (SSSR count). The standard InChI is InChI=1S/C23H32N2O5/c1-4-29-21(27)19(22(28)30-5-2)20(26)18-12-24-25(14(18)3)13-23-9-15-6-16(10-23)8-17(7-15)11-23/h12,15-17,19H,4-11,13H2,1-3H3. The van der Waals surface area contributed by atoms with Gasteiger partial charge in [0, 0.05) is 12.2 Å². The highest BCUT2D eigenvalue weighted by molar-refractivity contribution is 6.21. The molecule has 1 aromatic rings. The fraction of sp³-hybridized carbons (Fsp3) is 0.739. The molecular formula is C23H32N2O5. The maximum absolute atomic E-state index is 13.1. The van der Waals surface area contributed by atoms with E-state index in [-0.39, 0.29) is 18.6 Å². The third kappa shape index (κ3) is 3.79. The number of carbonyl (C=O) groups excluding carboxylic acids is 3. The molecule has 7 nitrogen and oxygen atoms in total. The molecule has 1 heterocycles. The Kier molecular flexibility index (Phi) is 5.73. The van der Waals surface area contributed by atoms with Crippen molar-refractivity contribution in [3.05, 3.63) is 17.5 Å². The van der Waals surface area contributed by atoms with Gasteiger partial charge in [0.25, 0.3) is 0 Å². The number of hydrogen-bond acceptors (Lipinski definition) is 6. The Labute approximate surface area is 177 Å². The zero-order chi connectivity index (χ0) is 21.5. The molecule has 30 heavy (non-hydrogen) atoms. The topological polar surface area (TPSA) is 87.5 Å². The molecule has 7 heteroatoms. The SMILES string of the molecule is CCOC(=O)C(C(=O)OCC)C(=O)c1cnn(CC23CC4CC(CC(C4)C2)C3)c1C. The first-order valence-corrected chi connectivity index (χ1v) is 11.3. The number of hydrogen-bond donors (Lipinski definition) is 0. The molecule has 0 radical (unpaired) electrons. The van der Waals surface area contributed by atoms with E-state index in [4.69, 9.17) is 9.47 Å². The van der Waals surface area contributed by atoms with Crippen LogP contribution in [-0.2, 0) is 25.6 Å². The fourth-order valence-corrected chi connectivity index (χ4v) is 6.57. The van der Waals surface area contributed by atoms with Gasteiger partial charge in [-0.2, -0.15) is 5.10 Å². The molecule has 0 amide bonds. The van der Waals surface area contributed by atoms with Gasteiger partial charge in [0.1, 0.15) is 0 Å². The summed E-state index contributed by atoms with van der Waals surface area (Å²) in [5, 5.41) is 4.50. The first-order valence-electron chi connectivity index (χ1n) is 11.3. The Morgan fingerprint density at radius 2 is 1.53 bits per heavy atom. The van der Waals surface area contributed by atoms with Crippen molar-refractivity contribution in [2.45, 2.75) is 65.8 Å². The largest absolute Gasteiger partial charge is 0.465 e. The quantitative estimate of drug-likeness (QED) is 0.367. The number of esters is 2. The second-order valence-corrected chi connectivity index (χ2v) is 9.52. The van der Waals surface area contributed by atoms with Crippen LogP contribution in [-0.4, -0.2) is 40.7 Å². The Balaban J connectivity index is 1.55. The lowest BCUT2D eigenvalue weighted by Crippen LogP contribution is -2.48. The fourth-order valence-electron chi connectivity index (χ4n) is 6.57. The van der Waals surface area contributed by atoms with Gasteiger partial charge in [0.2, 0.25) is 5.92 Å². The number of rotatable bonds is 8. The normalized spacial score (nSPS) is 29.3. The van der Waals surface area contributed by atoms with E-state index in [2.05, 4.69) is 5.10 Å². The lowest BCUT2D eigenvalue weighted by molar-refractivity contribution is -0.158. The molecule has 0 N–H and O–H groups in total. The van der Waals surface area contributed by atoms with Crippen molar-refractivity contribution >= 4 is 17.7 Å². The van der Waals surface area contributed by atoms with Gasteiger partial charge in [-0.15, -0.1) is 0 Å². The highest BCUT2D eigenvalue weighted by Crippen LogP contribution is 2.60. The number of ketones is 1. The first kappa shape index (κ1) is 21.1. The summed E-state index contributed by atoms with van der Waals surface area (Å²) in [7, 11) is 0. The van der Waals surface area contributed by atoms with E-state index in [0.29, 0.717) is 11.3 Å². The van der Waals surface area contributed by atoms with Crippen LogP contribution in [0.2, 0.25) is 0 Å². The van der Waals surface area contributed by atoms with Crippen molar-refractivity contribution in [1.29, 1.82) is 0 Å². The average Bonchev–Trinajstić information content (AvgIpc) is 3.01. The number of ether oxygens (including phenoxy) is 2. The lowest BCUT2D eigenvalue weighted by atomic mass is 9.49. The van der Waals surface area contributed by atoms with Crippen LogP contribution in [0.5, 0.6) is 0 Å². The second-order valence-electron chi connectivity index (χ2n) is 9.52. The summed E-state index contributed by atoms with van der Waals surface area (Å²) in [6.45, 7) is 6.10. The lowest BCUT2D eigenvalue weighted by Gasteiger charge is -2.56. The minimum absolute atomic E-state index is 0.0896. The van der Waals surface area contributed by atoms with E-state index < -0.39 is 23.6 Å². The second kappa shape index (κ2) is 8.16. The number of carbonyl (C=O) groups is 3. The van der Waals surface area contributed by atoms with Crippen LogP contribution < -0.4 is 0 Å². The van der Waals surface area contributed by atoms with E-state index in [1.807, 2.05) is 11.6 Å². The smallest absolute Gasteiger partial charge is 0.328 e. The maximum Gasteiger partial charge on any atom is 0.328 e. The Morgan fingerprint density at radius 1 is 1.03 bits per heavy atom. The average molecular weight is 417 g/mol. The van der Waals surface area contributed by atoms with Gasteiger partial charge in [-0.3, -0.25) is 19.1 Å². The zero-order valence-electron chi connectivity index (χ0n) is 18.2. The molecule has 0 aliphatic heterocycles. The van der Waals surface area contributed by atoms with Crippen molar-refractivity contribution in [2.24, 2.45) is 29.1 Å². The van der Waals surface area contributed by atoms with Gasteiger partial charge in [-0.25, -0.2) is 0 Å². The number of nitrogens with zero attached hydrogens (tertiary/aromatic N) is 2. The summed E-state index contributed by atoms with van der Waals surface area (Å²) in [4.78, 5) is 37.8. The molecule has 4 aliphatic carbocycles. The molecule has 4 aliphatic rings. The van der Waals surface area contributed by atoms with Crippen molar-refractivity contribution in [1.82, 2.24) is 9.78 Å². The third-order valence-electron chi connectivity index (χ3n) is 7.33. The predicted molar refractivity (Wildman–Crippen MR) is 109 cm³/mol. The predicted octanol–water partition coefficient (Wildman–Crippen LogP) is 3.33. The Morgan fingerprint density at radius 3 is 2.00 bits per heavy atom. The van der Waals surface area contributed by atoms with E-state index >= 15 is 0 Å². The summed E-state index contributed by atoms with van der Waals surface area (Å²) in [6, 6.07) is 0. The van der Waals surface area contributed by atoms with Gasteiger partial charge in [0.15, 0.2) is 5.78 Å². The molecule has 1 aromatic heterocycles. The highest BCUT2D eigenvalue weighted by Gasteiger charge is 2.51. The van der Waals surface area contributed by atoms with Crippen LogP contribution in [0.3, 0.4) is 0 Å². The molecule has 4 saturated carbocycles. The third-order valence-corrected chi connectivity index (χ3v) is 7.33. The van der Waals surface area contributed by atoms with Crippen LogP contribution >= 0.6 is 0 Å². The minimum atomic E-state index is -1.60. The van der Waals surface area contributed by atoms with Crippen LogP contribution in [0.25, 0.3) is 0 Å². The van der Waals surface area contributed by atoms with Crippen LogP contribution in [0, 0.1) is 36.0 Å². The minimum Gasteiger partial charge on any atom is -0.465 e. The van der Waals surface area contributed by atoms with Gasteiger partial charge < -0.3 is 9.47 Å². The Hall–Kier alpha value is -2.18. The zero-order valence-corrected chi connectivity index (χ0v) is 18.2. The molecule has 0 aromatic carbocycles. The van der Waals surface area contributed by atoms with Crippen LogP contribution in [0.1, 0.15) is 68.4 Å². The molecule has 0 atom stereocenters. The van der Waals surface area contributed by atoms with Crippen molar-refractivity contribution in [3.63, 3.8) is 0 Å². The molecule has 0 saturated heterocycles. The number of Topliss-reactive ketones (excluding diaryl/α,β-unsaturated/α-hetero) is 1. The summed E-state index contributed by atoms with van der Waals surface area (Å²) in [6.07, 6.45) is 9.36. The van der Waals surface area contributed by atoms with Crippen molar-refractivity contribution in [3.8, 4) is 0 Å². The van der Waals surface area contributed by atoms with Gasteiger partial charge in [0.05, 0.1) is 25.0 Å². The van der Waals surface area contributed by atoms with Crippen LogP contribution in [0.4, 0.5) is 0 Å². The molecule has 4 bridgehead atoms. The van der Waals surface area contributed by atoms with Gasteiger partial charge in [-0.1, -0.05) is 0 Å². The van der Waals surface area contributed by atoms with Gasteiger partial charge >= 0.3 is 11.9 Å². The van der Waals surface area contributed by atoms with Crippen molar-refractivity contribution < 1.29 is 23.9 Å². The van der Waals surface area contributed by atoms with Gasteiger partial charge in [-0.05, 0) is 82.5 Å². The summed E-state index contributed by atoms with van der Waals surface area (Å²) < 4.78 is 11.8. The molecule has 164 valence electrons. The molecule has 0 unspecified atom stereocenters. The number of aromatic nitrogens is 2. The van der Waals surface area contributed by atoms with E-state index in [1.165, 1.54) is 44.7 Å². The monoisotopic (exact) mass is 416 g/mol. The first-order chi connectivity index (χ1) is 14.4. The summed E-state index contributed by atoms with van der Waals surface area (Å²) in [5.74, 6) is -1.41. The maximum atomic E-state index is 13.1. The van der Waals surface area contributed by atoms with E-state index in [1.54, 1.807) is 13.8 Å². The summed E-state index contributed by atoms with van der Waals surface area (Å²) >= 11 is 0. The summed E-state index contributed by atoms with van der Waals surface area (Å²) in [5.41, 5.74) is 1.27. The van der Waals surface area contributed by atoms with E-state index in [9.17, 15) is 14.4 Å². The molecular weight excluding hydrogens is 384 g/mol. The molecule has 4 fully saturated rings. The highest BCUT2D eigenvalue weighted by atomic mass is 16.6.